The highest BCUT2D eigenvalue weighted by atomic mass is 16.4. The molecule has 0 saturated heterocycles. The van der Waals surface area contributed by atoms with Gasteiger partial charge in [0, 0.05) is 6.42 Å². The van der Waals surface area contributed by atoms with Gasteiger partial charge in [-0.1, -0.05) is 6.92 Å². The summed E-state index contributed by atoms with van der Waals surface area (Å²) in [6, 6.07) is 3.09. The summed E-state index contributed by atoms with van der Waals surface area (Å²) in [4.78, 5) is 10.3. The van der Waals surface area contributed by atoms with Gasteiger partial charge in [0.15, 0.2) is 6.10 Å². The normalized spacial score (nSPS) is 15.1. The highest BCUT2D eigenvalue weighted by molar-refractivity contribution is 5.72. The van der Waals surface area contributed by atoms with Crippen LogP contribution in [0.15, 0.2) is 16.5 Å². The molecule has 1 heterocycles. The lowest BCUT2D eigenvalue weighted by atomic mass is 10.1. The van der Waals surface area contributed by atoms with Gasteiger partial charge in [0.1, 0.15) is 17.6 Å². The number of hydrogen-bond donors (Lipinski definition) is 3. The van der Waals surface area contributed by atoms with Crippen LogP contribution >= 0.6 is 0 Å². The Morgan fingerprint density at radius 2 is 2.14 bits per heavy atom. The van der Waals surface area contributed by atoms with E-state index in [2.05, 4.69) is 0 Å². The van der Waals surface area contributed by atoms with E-state index in [1.165, 1.54) is 6.07 Å². The Labute approximate surface area is 80.6 Å². The van der Waals surface area contributed by atoms with Crippen molar-refractivity contribution in [2.24, 2.45) is 0 Å². The third kappa shape index (κ3) is 2.12. The van der Waals surface area contributed by atoms with Gasteiger partial charge in [-0.15, -0.1) is 0 Å². The first-order valence-electron chi connectivity index (χ1n) is 4.23. The van der Waals surface area contributed by atoms with E-state index >= 15 is 0 Å². The van der Waals surface area contributed by atoms with Gasteiger partial charge in [-0.2, -0.15) is 0 Å². The van der Waals surface area contributed by atoms with E-state index in [0.29, 0.717) is 12.2 Å². The summed E-state index contributed by atoms with van der Waals surface area (Å²) in [6.45, 7) is 1.86. The lowest BCUT2D eigenvalue weighted by Gasteiger charge is -2.10. The molecule has 5 heteroatoms. The van der Waals surface area contributed by atoms with E-state index in [4.69, 9.17) is 14.6 Å². The molecule has 0 aromatic carbocycles. The molecule has 5 nitrogen and oxygen atoms in total. The summed E-state index contributed by atoms with van der Waals surface area (Å²) in [7, 11) is 0. The second-order valence-electron chi connectivity index (χ2n) is 2.89. The Morgan fingerprint density at radius 1 is 1.50 bits per heavy atom. The van der Waals surface area contributed by atoms with Crippen LogP contribution in [0.25, 0.3) is 0 Å². The zero-order valence-electron chi connectivity index (χ0n) is 7.67. The zero-order chi connectivity index (χ0) is 10.7. The van der Waals surface area contributed by atoms with E-state index in [1.54, 1.807) is 6.07 Å². The molecule has 0 aliphatic carbocycles. The summed E-state index contributed by atoms with van der Waals surface area (Å²) in [5.74, 6) is -0.777. The van der Waals surface area contributed by atoms with Gasteiger partial charge in [-0.25, -0.2) is 4.79 Å². The number of aliphatic hydroxyl groups is 2. The smallest absolute Gasteiger partial charge is 0.335 e. The summed E-state index contributed by atoms with van der Waals surface area (Å²) in [5.41, 5.74) is 0. The van der Waals surface area contributed by atoms with Crippen molar-refractivity contribution in [3.8, 4) is 0 Å². The number of furan rings is 1. The molecule has 2 atom stereocenters. The fourth-order valence-electron chi connectivity index (χ4n) is 1.03. The van der Waals surface area contributed by atoms with Crippen LogP contribution < -0.4 is 0 Å². The molecular weight excluding hydrogens is 188 g/mol. The van der Waals surface area contributed by atoms with Gasteiger partial charge >= 0.3 is 5.97 Å². The molecule has 1 aromatic rings. The highest BCUT2D eigenvalue weighted by Gasteiger charge is 2.27. The predicted molar refractivity (Wildman–Crippen MR) is 46.7 cm³/mol. The van der Waals surface area contributed by atoms with Crippen LogP contribution in [0.1, 0.15) is 24.5 Å². The minimum Gasteiger partial charge on any atom is -0.479 e. The molecule has 0 bridgehead atoms. The molecule has 0 radical (unpaired) electrons. The monoisotopic (exact) mass is 200 g/mol. The molecule has 0 aliphatic rings. The molecule has 78 valence electrons. The molecule has 0 amide bonds. The molecule has 0 fully saturated rings. The van der Waals surface area contributed by atoms with E-state index in [9.17, 15) is 9.90 Å². The van der Waals surface area contributed by atoms with Crippen molar-refractivity contribution in [3.63, 3.8) is 0 Å². The van der Waals surface area contributed by atoms with Crippen LogP contribution in [-0.2, 0) is 11.2 Å². The predicted octanol–water partition coefficient (Wildman–Crippen LogP) is 0.321. The first kappa shape index (κ1) is 10.7. The summed E-state index contributed by atoms with van der Waals surface area (Å²) in [5, 5.41) is 26.8. The molecule has 0 aliphatic heterocycles. The summed E-state index contributed by atoms with van der Waals surface area (Å²) < 4.78 is 5.09. The third-order valence-corrected chi connectivity index (χ3v) is 1.87. The Balaban J connectivity index is 2.78. The lowest BCUT2D eigenvalue weighted by molar-refractivity contribution is -0.153. The Hall–Kier alpha value is -1.33. The zero-order valence-corrected chi connectivity index (χ0v) is 7.67. The van der Waals surface area contributed by atoms with Crippen molar-refractivity contribution in [3.05, 3.63) is 23.7 Å². The number of aliphatic carboxylic acids is 1. The largest absolute Gasteiger partial charge is 0.479 e. The van der Waals surface area contributed by atoms with E-state index < -0.39 is 18.2 Å². The standard InChI is InChI=1S/C9H12O5/c1-2-5-3-4-6(14-5)7(10)8(11)9(12)13/h3-4,7-8,10-11H,2H2,1H3,(H,12,13). The maximum absolute atomic E-state index is 10.3. The van der Waals surface area contributed by atoms with Gasteiger partial charge in [-0.05, 0) is 12.1 Å². The summed E-state index contributed by atoms with van der Waals surface area (Å²) in [6.07, 6.45) is -2.73. The van der Waals surface area contributed by atoms with Crippen LogP contribution in [0.3, 0.4) is 0 Å². The second-order valence-corrected chi connectivity index (χ2v) is 2.89. The first-order chi connectivity index (χ1) is 6.56. The fourth-order valence-corrected chi connectivity index (χ4v) is 1.03. The quantitative estimate of drug-likeness (QED) is 0.651. The Kier molecular flexibility index (Phi) is 3.27. The summed E-state index contributed by atoms with van der Waals surface area (Å²) >= 11 is 0. The average molecular weight is 200 g/mol. The fraction of sp³-hybridized carbons (Fsp3) is 0.444. The maximum atomic E-state index is 10.3. The molecule has 3 N–H and O–H groups in total. The molecule has 1 rings (SSSR count). The molecule has 0 spiro atoms. The number of hydrogen-bond acceptors (Lipinski definition) is 4. The van der Waals surface area contributed by atoms with Crippen LogP contribution in [-0.4, -0.2) is 27.4 Å². The molecule has 1 aromatic heterocycles. The van der Waals surface area contributed by atoms with Crippen molar-refractivity contribution in [2.45, 2.75) is 25.6 Å². The van der Waals surface area contributed by atoms with Crippen LogP contribution in [0, 0.1) is 0 Å². The maximum Gasteiger partial charge on any atom is 0.335 e. The number of aryl methyl sites for hydroxylation is 1. The van der Waals surface area contributed by atoms with Gasteiger partial charge in [0.05, 0.1) is 0 Å². The van der Waals surface area contributed by atoms with Crippen LogP contribution in [0.5, 0.6) is 0 Å². The number of rotatable bonds is 4. The van der Waals surface area contributed by atoms with E-state index in [0.717, 1.165) is 0 Å². The number of aliphatic hydroxyl groups excluding tert-OH is 2. The van der Waals surface area contributed by atoms with Gasteiger partial charge in [0.25, 0.3) is 0 Å². The third-order valence-electron chi connectivity index (χ3n) is 1.87. The molecule has 2 unspecified atom stereocenters. The van der Waals surface area contributed by atoms with Crippen molar-refractivity contribution >= 4 is 5.97 Å². The minimum absolute atomic E-state index is 0.0664. The Morgan fingerprint density at radius 3 is 2.57 bits per heavy atom. The van der Waals surface area contributed by atoms with Crippen molar-refractivity contribution in [2.75, 3.05) is 0 Å². The number of carboxylic acid groups (broad SMARTS) is 1. The molecular formula is C9H12O5. The average Bonchev–Trinajstić information content (AvgIpc) is 2.63. The molecule has 0 saturated carbocycles. The topological polar surface area (TPSA) is 90.9 Å². The first-order valence-corrected chi connectivity index (χ1v) is 4.23. The SMILES string of the molecule is CCc1ccc(C(O)C(O)C(=O)O)o1. The van der Waals surface area contributed by atoms with Gasteiger partial charge in [0.2, 0.25) is 0 Å². The highest BCUT2D eigenvalue weighted by Crippen LogP contribution is 2.20. The number of carboxylic acids is 1. The molecule has 14 heavy (non-hydrogen) atoms. The number of carbonyl (C=O) groups is 1. The van der Waals surface area contributed by atoms with E-state index in [1.807, 2.05) is 6.92 Å². The Bertz CT molecular complexity index is 317. The van der Waals surface area contributed by atoms with Crippen LogP contribution in [0.2, 0.25) is 0 Å². The van der Waals surface area contributed by atoms with E-state index in [-0.39, 0.29) is 5.76 Å². The lowest BCUT2D eigenvalue weighted by Crippen LogP contribution is -2.27. The van der Waals surface area contributed by atoms with Crippen molar-refractivity contribution < 1.29 is 24.5 Å². The second kappa shape index (κ2) is 4.26. The van der Waals surface area contributed by atoms with Gasteiger partial charge < -0.3 is 19.7 Å². The van der Waals surface area contributed by atoms with Crippen LogP contribution in [0.4, 0.5) is 0 Å². The minimum atomic E-state index is -1.86. The van der Waals surface area contributed by atoms with Crippen molar-refractivity contribution in [1.29, 1.82) is 0 Å². The van der Waals surface area contributed by atoms with Crippen molar-refractivity contribution in [1.82, 2.24) is 0 Å². The van der Waals surface area contributed by atoms with Gasteiger partial charge in [-0.3, -0.25) is 0 Å².